The van der Waals surface area contributed by atoms with Crippen LogP contribution in [0.4, 0.5) is 0 Å². The maximum Gasteiger partial charge on any atom is 2.00 e. The predicted molar refractivity (Wildman–Crippen MR) is 120 cm³/mol. The van der Waals surface area contributed by atoms with Gasteiger partial charge in [-0.2, -0.15) is 0 Å². The van der Waals surface area contributed by atoms with Crippen molar-refractivity contribution in [1.29, 1.82) is 0 Å². The van der Waals surface area contributed by atoms with E-state index in [0.29, 0.717) is 0 Å². The summed E-state index contributed by atoms with van der Waals surface area (Å²) in [5, 5.41) is 18.1. The van der Waals surface area contributed by atoms with Crippen LogP contribution in [0.2, 0.25) is 10.0 Å². The third-order valence-corrected chi connectivity index (χ3v) is 4.89. The molecule has 1 radical (unpaired) electrons. The Balaban J connectivity index is 0.000000523. The molecule has 169 valence electrons. The summed E-state index contributed by atoms with van der Waals surface area (Å²) in [7, 11) is 0. The molecule has 0 atom stereocenters. The summed E-state index contributed by atoms with van der Waals surface area (Å²) >= 11 is 12.5. The minimum absolute atomic E-state index is 0. The molecule has 0 amide bonds. The molecular weight excluding hydrogens is 455 g/mol. The van der Waals surface area contributed by atoms with Gasteiger partial charge in [0.1, 0.15) is 0 Å². The smallest absolute Gasteiger partial charge is 0.577 e. The van der Waals surface area contributed by atoms with E-state index in [1.807, 2.05) is 0 Å². The van der Waals surface area contributed by atoms with E-state index in [1.54, 1.807) is 0 Å². The second-order valence-electron chi connectivity index (χ2n) is 11.4. The first kappa shape index (κ1) is 28.5. The standard InChI is InChI=1S/2C11H18ClN2.Cu/c2*1-10(2,3)8-7(12)9(14-13-8)11(4,5)6;/h2*1-6H3;/q2*-1;+2. The minimum Gasteiger partial charge on any atom is -0.577 e. The van der Waals surface area contributed by atoms with Gasteiger partial charge in [-0.3, -0.25) is 0 Å². The van der Waals surface area contributed by atoms with Crippen LogP contribution >= 0.6 is 23.2 Å². The Bertz CT molecular complexity index is 664. The molecule has 0 N–H and O–H groups in total. The van der Waals surface area contributed by atoms with Crippen LogP contribution in [0.5, 0.6) is 0 Å². The molecule has 0 aliphatic rings. The third-order valence-electron chi connectivity index (χ3n) is 4.17. The summed E-state index contributed by atoms with van der Waals surface area (Å²) in [5.41, 5.74) is 3.43. The first-order valence-corrected chi connectivity index (χ1v) is 10.4. The van der Waals surface area contributed by atoms with Gasteiger partial charge in [0.2, 0.25) is 0 Å². The molecule has 0 bridgehead atoms. The molecule has 7 heteroatoms. The normalized spacial score (nSPS) is 12.9. The fourth-order valence-corrected chi connectivity index (χ4v) is 3.80. The number of aromatic nitrogens is 4. The molecule has 2 aromatic heterocycles. The van der Waals surface area contributed by atoms with Gasteiger partial charge in [-0.05, 0) is 10.8 Å². The Hall–Kier alpha value is -0.481. The summed E-state index contributed by atoms with van der Waals surface area (Å²) in [6, 6.07) is 0. The molecule has 0 aliphatic heterocycles. The first-order valence-electron chi connectivity index (χ1n) is 9.67. The van der Waals surface area contributed by atoms with Crippen LogP contribution in [0.15, 0.2) is 0 Å². The predicted octanol–water partition coefficient (Wildman–Crippen LogP) is 6.57. The van der Waals surface area contributed by atoms with Gasteiger partial charge in [0.05, 0.1) is 0 Å². The molecule has 0 fully saturated rings. The average Bonchev–Trinajstić information content (AvgIpc) is 2.99. The maximum absolute atomic E-state index is 6.27. The van der Waals surface area contributed by atoms with E-state index in [0.717, 1.165) is 32.8 Å². The number of halogens is 2. The van der Waals surface area contributed by atoms with Crippen LogP contribution in [-0.4, -0.2) is 10.2 Å². The van der Waals surface area contributed by atoms with E-state index >= 15 is 0 Å². The Morgan fingerprint density at radius 2 is 0.759 bits per heavy atom. The van der Waals surface area contributed by atoms with Crippen molar-refractivity contribution in [2.45, 2.75) is 105 Å². The van der Waals surface area contributed by atoms with Crippen molar-refractivity contribution in [2.75, 3.05) is 0 Å². The molecule has 0 aromatic carbocycles. The minimum atomic E-state index is -0.0341. The Kier molecular flexibility index (Phi) is 9.19. The number of hydrogen-bond acceptors (Lipinski definition) is 2. The summed E-state index contributed by atoms with van der Waals surface area (Å²) in [6.07, 6.45) is 0. The van der Waals surface area contributed by atoms with Gasteiger partial charge in [0, 0.05) is 32.3 Å². The Labute approximate surface area is 197 Å². The molecule has 2 aromatic rings. The first-order chi connectivity index (χ1) is 12.3. The van der Waals surface area contributed by atoms with E-state index in [9.17, 15) is 0 Å². The number of hydrogen-bond donors (Lipinski definition) is 0. The van der Waals surface area contributed by atoms with Crippen molar-refractivity contribution < 1.29 is 17.1 Å². The van der Waals surface area contributed by atoms with E-state index in [2.05, 4.69) is 103 Å². The SMILES string of the molecule is CC(C)(C)c1n[n-]c(C(C)(C)C)c1Cl.CC(C)(C)c1n[n-]c(C(C)(C)C)c1Cl.[Cu+2]. The Morgan fingerprint density at radius 1 is 0.517 bits per heavy atom. The van der Waals surface area contributed by atoms with Crippen LogP contribution in [0, 0.1) is 0 Å². The van der Waals surface area contributed by atoms with E-state index in [-0.39, 0.29) is 38.7 Å². The Morgan fingerprint density at radius 3 is 0.862 bits per heavy atom. The van der Waals surface area contributed by atoms with Gasteiger partial charge >= 0.3 is 17.1 Å². The van der Waals surface area contributed by atoms with Crippen LogP contribution < -0.4 is 10.2 Å². The zero-order chi connectivity index (χ0) is 22.3. The molecule has 0 unspecified atom stereocenters. The van der Waals surface area contributed by atoms with Crippen molar-refractivity contribution in [3.8, 4) is 0 Å². The molecule has 0 saturated carbocycles. The zero-order valence-electron chi connectivity index (χ0n) is 19.8. The van der Waals surface area contributed by atoms with Gasteiger partial charge in [-0.1, -0.05) is 106 Å². The molecule has 0 saturated heterocycles. The van der Waals surface area contributed by atoms with Crippen LogP contribution in [0.25, 0.3) is 0 Å². The van der Waals surface area contributed by atoms with Crippen molar-refractivity contribution in [3.63, 3.8) is 0 Å². The van der Waals surface area contributed by atoms with Crippen LogP contribution in [-0.2, 0) is 38.7 Å². The van der Waals surface area contributed by atoms with Crippen molar-refractivity contribution in [2.24, 2.45) is 0 Å². The molecule has 2 heterocycles. The fourth-order valence-electron chi connectivity index (χ4n) is 2.52. The topological polar surface area (TPSA) is 54.0 Å². The third kappa shape index (κ3) is 7.31. The zero-order valence-corrected chi connectivity index (χ0v) is 22.3. The number of nitrogens with zero attached hydrogens (tertiary/aromatic N) is 4. The second-order valence-corrected chi connectivity index (χ2v) is 12.2. The van der Waals surface area contributed by atoms with Crippen molar-refractivity contribution in [1.82, 2.24) is 20.4 Å². The van der Waals surface area contributed by atoms with Crippen molar-refractivity contribution >= 4 is 23.2 Å². The molecule has 29 heavy (non-hydrogen) atoms. The maximum atomic E-state index is 6.27. The van der Waals surface area contributed by atoms with Gasteiger partial charge in [-0.25, -0.2) is 0 Å². The molecular formula is C22H36Cl2CuN4. The van der Waals surface area contributed by atoms with Crippen LogP contribution in [0.1, 0.15) is 106 Å². The quantitative estimate of drug-likeness (QED) is 0.392. The van der Waals surface area contributed by atoms with Crippen molar-refractivity contribution in [3.05, 3.63) is 32.8 Å². The van der Waals surface area contributed by atoms with Gasteiger partial charge < -0.3 is 20.4 Å². The van der Waals surface area contributed by atoms with E-state index in [1.165, 1.54) is 0 Å². The van der Waals surface area contributed by atoms with Gasteiger partial charge in [-0.15, -0.1) is 11.4 Å². The monoisotopic (exact) mass is 489 g/mol. The molecule has 4 nitrogen and oxygen atoms in total. The van der Waals surface area contributed by atoms with Crippen LogP contribution in [0.3, 0.4) is 0 Å². The molecule has 0 spiro atoms. The van der Waals surface area contributed by atoms with E-state index in [4.69, 9.17) is 23.2 Å². The summed E-state index contributed by atoms with van der Waals surface area (Å²) in [6.45, 7) is 25.1. The summed E-state index contributed by atoms with van der Waals surface area (Å²) in [4.78, 5) is 0. The van der Waals surface area contributed by atoms with Gasteiger partial charge in [0.25, 0.3) is 0 Å². The number of rotatable bonds is 0. The largest absolute Gasteiger partial charge is 2.00 e. The fraction of sp³-hybridized carbons (Fsp3) is 0.727. The summed E-state index contributed by atoms with van der Waals surface area (Å²) < 4.78 is 0. The second kappa shape index (κ2) is 9.34. The molecule has 0 aliphatic carbocycles. The van der Waals surface area contributed by atoms with Gasteiger partial charge in [0.15, 0.2) is 0 Å². The van der Waals surface area contributed by atoms with E-state index < -0.39 is 0 Å². The molecule has 2 rings (SSSR count). The summed E-state index contributed by atoms with van der Waals surface area (Å²) in [5.74, 6) is 0. The average molecular weight is 491 g/mol.